The van der Waals surface area contributed by atoms with E-state index < -0.39 is 60.3 Å². The number of halogens is 9. The van der Waals surface area contributed by atoms with Gasteiger partial charge in [0.15, 0.2) is 0 Å². The highest BCUT2D eigenvalue weighted by Gasteiger charge is 2.61. The summed E-state index contributed by atoms with van der Waals surface area (Å²) in [5.41, 5.74) is -5.28. The molecule has 11 heteroatoms. The summed E-state index contributed by atoms with van der Waals surface area (Å²) in [5, 5.41) is 0. The fourth-order valence-corrected chi connectivity index (χ4v) is 4.40. The topological polar surface area (TPSA) is 26.3 Å². The Balaban J connectivity index is 2.43. The standard InChI is InChI=1S/C16H17F9O2/c1-8(16(23,24)25)12(26)27-13(6-14(17,18)19,7-15(20,21)22)11-5-9-2-3-10(11)4-9/h9-11H,1-7H2. The molecule has 0 amide bonds. The quantitative estimate of drug-likeness (QED) is 0.328. The van der Waals surface area contributed by atoms with E-state index in [0.29, 0.717) is 19.3 Å². The van der Waals surface area contributed by atoms with Crippen LogP contribution in [0, 0.1) is 17.8 Å². The van der Waals surface area contributed by atoms with Gasteiger partial charge in [0.25, 0.3) is 0 Å². The van der Waals surface area contributed by atoms with Gasteiger partial charge in [0, 0.05) is 5.92 Å². The van der Waals surface area contributed by atoms with E-state index in [1.165, 1.54) is 0 Å². The van der Waals surface area contributed by atoms with Crippen molar-refractivity contribution in [3.8, 4) is 0 Å². The zero-order valence-corrected chi connectivity index (χ0v) is 13.9. The molecule has 2 aliphatic carbocycles. The minimum Gasteiger partial charge on any atom is -0.454 e. The second-order valence-electron chi connectivity index (χ2n) is 7.30. The molecule has 0 N–H and O–H groups in total. The van der Waals surface area contributed by atoms with E-state index in [9.17, 15) is 44.3 Å². The molecule has 3 unspecified atom stereocenters. The first-order valence-corrected chi connectivity index (χ1v) is 8.15. The van der Waals surface area contributed by atoms with E-state index in [4.69, 9.17) is 0 Å². The number of fused-ring (bicyclic) bond motifs is 2. The van der Waals surface area contributed by atoms with E-state index in [1.807, 2.05) is 0 Å². The molecule has 0 saturated heterocycles. The lowest BCUT2D eigenvalue weighted by Crippen LogP contribution is -2.51. The maximum atomic E-state index is 13.1. The third-order valence-corrected chi connectivity index (χ3v) is 5.30. The van der Waals surface area contributed by atoms with Crippen LogP contribution in [0.25, 0.3) is 0 Å². The number of hydrogen-bond acceptors (Lipinski definition) is 2. The number of carbonyl (C=O) groups is 1. The van der Waals surface area contributed by atoms with Crippen LogP contribution in [0.2, 0.25) is 0 Å². The predicted molar refractivity (Wildman–Crippen MR) is 74.3 cm³/mol. The van der Waals surface area contributed by atoms with E-state index in [2.05, 4.69) is 11.3 Å². The number of esters is 1. The van der Waals surface area contributed by atoms with Crippen molar-refractivity contribution >= 4 is 5.97 Å². The Morgan fingerprint density at radius 3 is 1.74 bits per heavy atom. The average Bonchev–Trinajstić information content (AvgIpc) is 3.04. The maximum absolute atomic E-state index is 13.1. The number of rotatable bonds is 5. The van der Waals surface area contributed by atoms with Gasteiger partial charge in [0.05, 0.1) is 12.8 Å². The minimum absolute atomic E-state index is 0.0530. The van der Waals surface area contributed by atoms with Crippen LogP contribution >= 0.6 is 0 Å². The molecular formula is C16H17F9O2. The molecule has 0 spiro atoms. The summed E-state index contributed by atoms with van der Waals surface area (Å²) < 4.78 is 121. The van der Waals surface area contributed by atoms with Crippen molar-refractivity contribution in [1.82, 2.24) is 0 Å². The molecule has 0 aliphatic heterocycles. The number of alkyl halides is 9. The van der Waals surface area contributed by atoms with Crippen LogP contribution in [0.15, 0.2) is 12.2 Å². The first-order chi connectivity index (χ1) is 12.0. The fraction of sp³-hybridized carbons (Fsp3) is 0.812. The first-order valence-electron chi connectivity index (χ1n) is 8.15. The fourth-order valence-electron chi connectivity index (χ4n) is 4.40. The third kappa shape index (κ3) is 5.31. The summed E-state index contributed by atoms with van der Waals surface area (Å²) in [6.45, 7) is 2.42. The molecule has 2 nitrogen and oxygen atoms in total. The monoisotopic (exact) mass is 412 g/mol. The molecule has 3 atom stereocenters. The van der Waals surface area contributed by atoms with Gasteiger partial charge in [0.1, 0.15) is 11.2 Å². The van der Waals surface area contributed by atoms with Gasteiger partial charge in [-0.2, -0.15) is 39.5 Å². The highest BCUT2D eigenvalue weighted by Crippen LogP contribution is 2.57. The second-order valence-corrected chi connectivity index (χ2v) is 7.30. The van der Waals surface area contributed by atoms with Crippen LogP contribution in [0.4, 0.5) is 39.5 Å². The van der Waals surface area contributed by atoms with Gasteiger partial charge in [-0.25, -0.2) is 4.79 Å². The molecule has 27 heavy (non-hydrogen) atoms. The third-order valence-electron chi connectivity index (χ3n) is 5.30. The molecule has 0 aromatic carbocycles. The Kier molecular flexibility index (Phi) is 5.57. The molecule has 2 aliphatic rings. The summed E-state index contributed by atoms with van der Waals surface area (Å²) in [6, 6.07) is 0. The van der Waals surface area contributed by atoms with Gasteiger partial charge >= 0.3 is 24.5 Å². The van der Waals surface area contributed by atoms with Crippen molar-refractivity contribution in [3.05, 3.63) is 12.2 Å². The number of carbonyl (C=O) groups excluding carboxylic acids is 1. The SMILES string of the molecule is C=C(C(=O)OC(CC(F)(F)F)(CC(F)(F)F)C1CC2CCC1C2)C(F)(F)F. The Morgan fingerprint density at radius 2 is 1.41 bits per heavy atom. The van der Waals surface area contributed by atoms with Crippen LogP contribution in [0.3, 0.4) is 0 Å². The van der Waals surface area contributed by atoms with Crippen LogP contribution < -0.4 is 0 Å². The predicted octanol–water partition coefficient (Wildman–Crippen LogP) is 5.73. The van der Waals surface area contributed by atoms with Gasteiger partial charge in [-0.1, -0.05) is 13.0 Å². The van der Waals surface area contributed by atoms with Crippen molar-refractivity contribution in [2.75, 3.05) is 0 Å². The van der Waals surface area contributed by atoms with E-state index in [-0.39, 0.29) is 12.3 Å². The molecule has 2 saturated carbocycles. The van der Waals surface area contributed by atoms with E-state index >= 15 is 0 Å². The normalized spacial score (nSPS) is 26.3. The molecule has 2 fully saturated rings. The average molecular weight is 412 g/mol. The summed E-state index contributed by atoms with van der Waals surface area (Å²) >= 11 is 0. The van der Waals surface area contributed by atoms with Gasteiger partial charge in [0.2, 0.25) is 0 Å². The van der Waals surface area contributed by atoms with E-state index in [1.54, 1.807) is 0 Å². The number of ether oxygens (including phenoxy) is 1. The minimum atomic E-state index is -5.33. The Hall–Kier alpha value is -1.42. The largest absolute Gasteiger partial charge is 0.454 e. The second kappa shape index (κ2) is 6.88. The van der Waals surface area contributed by atoms with Crippen molar-refractivity contribution in [2.24, 2.45) is 17.8 Å². The van der Waals surface area contributed by atoms with Crippen molar-refractivity contribution in [2.45, 2.75) is 62.7 Å². The lowest BCUT2D eigenvalue weighted by molar-refractivity contribution is -0.244. The van der Waals surface area contributed by atoms with Gasteiger partial charge in [-0.05, 0) is 31.1 Å². The smallest absolute Gasteiger partial charge is 0.422 e. The summed E-state index contributed by atoms with van der Waals surface area (Å²) in [4.78, 5) is 11.8. The van der Waals surface area contributed by atoms with Crippen molar-refractivity contribution < 1.29 is 49.0 Å². The molecule has 2 rings (SSSR count). The lowest BCUT2D eigenvalue weighted by Gasteiger charge is -2.43. The van der Waals surface area contributed by atoms with Gasteiger partial charge in [-0.3, -0.25) is 0 Å². The summed E-state index contributed by atoms with van der Waals surface area (Å²) in [6.07, 6.45) is -18.7. The highest BCUT2D eigenvalue weighted by atomic mass is 19.4. The Bertz CT molecular complexity index is 572. The van der Waals surface area contributed by atoms with Crippen LogP contribution in [-0.4, -0.2) is 30.1 Å². The molecule has 156 valence electrons. The first kappa shape index (κ1) is 21.9. The zero-order valence-electron chi connectivity index (χ0n) is 13.9. The summed E-state index contributed by atoms with van der Waals surface area (Å²) in [5.74, 6) is -4.31. The van der Waals surface area contributed by atoms with Crippen molar-refractivity contribution in [1.29, 1.82) is 0 Å². The molecular weight excluding hydrogens is 395 g/mol. The zero-order chi connectivity index (χ0) is 20.8. The van der Waals surface area contributed by atoms with Gasteiger partial charge in [-0.15, -0.1) is 0 Å². The van der Waals surface area contributed by atoms with Crippen LogP contribution in [0.5, 0.6) is 0 Å². The molecule has 2 bridgehead atoms. The lowest BCUT2D eigenvalue weighted by atomic mass is 9.72. The molecule has 0 radical (unpaired) electrons. The molecule has 0 heterocycles. The molecule has 0 aromatic heterocycles. The molecule has 0 aromatic rings. The highest BCUT2D eigenvalue weighted by molar-refractivity contribution is 5.89. The van der Waals surface area contributed by atoms with Crippen LogP contribution in [0.1, 0.15) is 38.5 Å². The van der Waals surface area contributed by atoms with Gasteiger partial charge < -0.3 is 4.74 Å². The van der Waals surface area contributed by atoms with E-state index in [0.717, 1.165) is 0 Å². The number of hydrogen-bond donors (Lipinski definition) is 0. The maximum Gasteiger partial charge on any atom is 0.422 e. The summed E-state index contributed by atoms with van der Waals surface area (Å²) in [7, 11) is 0. The van der Waals surface area contributed by atoms with Crippen LogP contribution in [-0.2, 0) is 9.53 Å². The Labute approximate surface area is 148 Å². The Morgan fingerprint density at radius 1 is 0.889 bits per heavy atom. The van der Waals surface area contributed by atoms with Crippen molar-refractivity contribution in [3.63, 3.8) is 0 Å².